The van der Waals surface area contributed by atoms with Crippen LogP contribution in [0.4, 0.5) is 9.52 Å². The summed E-state index contributed by atoms with van der Waals surface area (Å²) >= 11 is 4.87. The summed E-state index contributed by atoms with van der Waals surface area (Å²) < 4.78 is 20.4. The minimum Gasteiger partial charge on any atom is -0.379 e. The van der Waals surface area contributed by atoms with E-state index >= 15 is 0 Å². The normalized spacial score (nSPS) is 21.9. The molecule has 1 aromatic carbocycles. The number of anilines is 1. The van der Waals surface area contributed by atoms with Gasteiger partial charge in [-0.15, -0.1) is 10.2 Å². The maximum Gasteiger partial charge on any atom is 0.208 e. The Kier molecular flexibility index (Phi) is 5.83. The zero-order valence-corrected chi connectivity index (χ0v) is 16.9. The second-order valence-corrected chi connectivity index (χ2v) is 8.75. The van der Waals surface area contributed by atoms with Gasteiger partial charge < -0.3 is 9.64 Å². The summed E-state index contributed by atoms with van der Waals surface area (Å²) in [4.78, 5) is 4.81. The van der Waals surface area contributed by atoms with Crippen LogP contribution in [0.25, 0.3) is 10.6 Å². The van der Waals surface area contributed by atoms with Gasteiger partial charge in [-0.25, -0.2) is 4.39 Å². The SMILES string of the molecule is Fc1ccc(Br)cc1-c1nnc(N2CCCC(CN3CCOCC3)C2)s1. The van der Waals surface area contributed by atoms with Crippen molar-refractivity contribution in [3.8, 4) is 10.6 Å². The van der Waals surface area contributed by atoms with Crippen LogP contribution in [0.3, 0.4) is 0 Å². The van der Waals surface area contributed by atoms with Crippen LogP contribution in [0.15, 0.2) is 22.7 Å². The van der Waals surface area contributed by atoms with E-state index in [1.165, 1.54) is 23.8 Å². The Bertz CT molecular complexity index is 753. The molecule has 2 saturated heterocycles. The van der Waals surface area contributed by atoms with Gasteiger partial charge in [-0.1, -0.05) is 27.3 Å². The molecule has 0 radical (unpaired) electrons. The number of ether oxygens (including phenoxy) is 1. The Labute approximate surface area is 165 Å². The van der Waals surface area contributed by atoms with E-state index in [1.807, 2.05) is 0 Å². The van der Waals surface area contributed by atoms with Crippen molar-refractivity contribution in [3.05, 3.63) is 28.5 Å². The standard InChI is InChI=1S/C18H22BrFN4OS/c19-14-3-4-16(20)15(10-14)17-21-22-18(26-17)24-5-1-2-13(12-24)11-23-6-8-25-9-7-23/h3-4,10,13H,1-2,5-9,11-12H2. The predicted molar refractivity (Wildman–Crippen MR) is 105 cm³/mol. The lowest BCUT2D eigenvalue weighted by Gasteiger charge is -2.36. The minimum atomic E-state index is -0.264. The molecule has 140 valence electrons. The summed E-state index contributed by atoms with van der Waals surface area (Å²) in [7, 11) is 0. The molecule has 5 nitrogen and oxygen atoms in total. The maximum absolute atomic E-state index is 14.1. The van der Waals surface area contributed by atoms with Crippen molar-refractivity contribution in [1.82, 2.24) is 15.1 Å². The Balaban J connectivity index is 1.44. The number of hydrogen-bond acceptors (Lipinski definition) is 6. The second kappa shape index (κ2) is 8.29. The molecule has 1 atom stereocenters. The fourth-order valence-corrected chi connectivity index (χ4v) is 4.91. The fourth-order valence-electron chi connectivity index (χ4n) is 3.65. The van der Waals surface area contributed by atoms with Crippen molar-refractivity contribution < 1.29 is 9.13 Å². The lowest BCUT2D eigenvalue weighted by atomic mass is 9.97. The molecule has 1 unspecified atom stereocenters. The second-order valence-electron chi connectivity index (χ2n) is 6.88. The molecule has 0 bridgehead atoms. The highest BCUT2D eigenvalue weighted by Crippen LogP contribution is 2.33. The number of benzene rings is 1. The van der Waals surface area contributed by atoms with E-state index in [4.69, 9.17) is 4.74 Å². The van der Waals surface area contributed by atoms with Crippen LogP contribution in [0.1, 0.15) is 12.8 Å². The molecule has 26 heavy (non-hydrogen) atoms. The van der Waals surface area contributed by atoms with Crippen molar-refractivity contribution >= 4 is 32.4 Å². The number of halogens is 2. The third-order valence-electron chi connectivity index (χ3n) is 4.98. The first kappa shape index (κ1) is 18.3. The van der Waals surface area contributed by atoms with Gasteiger partial charge >= 0.3 is 0 Å². The molecule has 8 heteroatoms. The van der Waals surface area contributed by atoms with E-state index in [0.29, 0.717) is 16.5 Å². The molecule has 1 aromatic heterocycles. The molecular weight excluding hydrogens is 419 g/mol. The third kappa shape index (κ3) is 4.24. The largest absolute Gasteiger partial charge is 0.379 e. The predicted octanol–water partition coefficient (Wildman–Crippen LogP) is 3.66. The highest BCUT2D eigenvalue weighted by Gasteiger charge is 2.25. The first-order valence-corrected chi connectivity index (χ1v) is 10.6. The van der Waals surface area contributed by atoms with Crippen molar-refractivity contribution in [3.63, 3.8) is 0 Å². The molecule has 2 aromatic rings. The molecule has 2 aliphatic heterocycles. The Morgan fingerprint density at radius 1 is 1.23 bits per heavy atom. The van der Waals surface area contributed by atoms with E-state index in [1.54, 1.807) is 12.1 Å². The zero-order chi connectivity index (χ0) is 17.9. The average Bonchev–Trinajstić information content (AvgIpc) is 3.15. The van der Waals surface area contributed by atoms with Crippen LogP contribution < -0.4 is 4.90 Å². The number of aromatic nitrogens is 2. The first-order chi connectivity index (χ1) is 12.7. The van der Waals surface area contributed by atoms with Crippen LogP contribution in [-0.4, -0.2) is 61.0 Å². The van der Waals surface area contributed by atoms with Gasteiger partial charge in [-0.05, 0) is 37.0 Å². The number of hydrogen-bond donors (Lipinski definition) is 0. The Morgan fingerprint density at radius 2 is 2.08 bits per heavy atom. The van der Waals surface area contributed by atoms with Gasteiger partial charge in [0.25, 0.3) is 0 Å². The van der Waals surface area contributed by atoms with E-state index in [-0.39, 0.29) is 5.82 Å². The molecule has 3 heterocycles. The van der Waals surface area contributed by atoms with Gasteiger partial charge in [-0.2, -0.15) is 0 Å². The van der Waals surface area contributed by atoms with Crippen LogP contribution in [0.5, 0.6) is 0 Å². The molecular formula is C18H22BrFN4OS. The molecule has 0 saturated carbocycles. The summed E-state index contributed by atoms with van der Waals surface area (Å²) in [5, 5.41) is 10.1. The quantitative estimate of drug-likeness (QED) is 0.725. The van der Waals surface area contributed by atoms with Crippen LogP contribution in [-0.2, 0) is 4.74 Å². The summed E-state index contributed by atoms with van der Waals surface area (Å²) in [6, 6.07) is 4.92. The molecule has 2 fully saturated rings. The summed E-state index contributed by atoms with van der Waals surface area (Å²) in [6.45, 7) is 6.85. The maximum atomic E-state index is 14.1. The van der Waals surface area contributed by atoms with Crippen LogP contribution >= 0.6 is 27.3 Å². The topological polar surface area (TPSA) is 41.5 Å². The molecule has 0 spiro atoms. The van der Waals surface area contributed by atoms with Gasteiger partial charge in [0.05, 0.1) is 13.2 Å². The molecule has 2 aliphatic rings. The fraction of sp³-hybridized carbons (Fsp3) is 0.556. The lowest BCUT2D eigenvalue weighted by molar-refractivity contribution is 0.0296. The molecule has 0 N–H and O–H groups in total. The Morgan fingerprint density at radius 3 is 2.92 bits per heavy atom. The number of rotatable bonds is 4. The Hall–Kier alpha value is -1.09. The smallest absolute Gasteiger partial charge is 0.208 e. The van der Waals surface area contributed by atoms with Crippen molar-refractivity contribution in [1.29, 1.82) is 0 Å². The molecule has 0 aliphatic carbocycles. The number of piperidine rings is 1. The van der Waals surface area contributed by atoms with Gasteiger partial charge in [0.15, 0.2) is 5.01 Å². The van der Waals surface area contributed by atoms with Crippen molar-refractivity contribution in [2.24, 2.45) is 5.92 Å². The minimum absolute atomic E-state index is 0.264. The average molecular weight is 441 g/mol. The third-order valence-corrected chi connectivity index (χ3v) is 6.49. The van der Waals surface area contributed by atoms with Crippen molar-refractivity contribution in [2.75, 3.05) is 50.8 Å². The summed E-state index contributed by atoms with van der Waals surface area (Å²) in [6.07, 6.45) is 2.41. The van der Waals surface area contributed by atoms with Crippen LogP contribution in [0.2, 0.25) is 0 Å². The van der Waals surface area contributed by atoms with E-state index in [0.717, 1.165) is 62.0 Å². The highest BCUT2D eigenvalue weighted by molar-refractivity contribution is 9.10. The van der Waals surface area contributed by atoms with Gasteiger partial charge in [0.2, 0.25) is 5.13 Å². The van der Waals surface area contributed by atoms with Crippen LogP contribution in [0, 0.1) is 11.7 Å². The summed E-state index contributed by atoms with van der Waals surface area (Å²) in [5.74, 6) is 0.372. The summed E-state index contributed by atoms with van der Waals surface area (Å²) in [5.41, 5.74) is 0.505. The van der Waals surface area contributed by atoms with Gasteiger partial charge in [0, 0.05) is 42.8 Å². The van der Waals surface area contributed by atoms with Gasteiger partial charge in [-0.3, -0.25) is 4.90 Å². The first-order valence-electron chi connectivity index (χ1n) is 9.03. The highest BCUT2D eigenvalue weighted by atomic mass is 79.9. The van der Waals surface area contributed by atoms with Crippen molar-refractivity contribution in [2.45, 2.75) is 12.8 Å². The van der Waals surface area contributed by atoms with E-state index in [2.05, 4.69) is 35.9 Å². The molecule has 4 rings (SSSR count). The lowest BCUT2D eigenvalue weighted by Crippen LogP contribution is -2.44. The zero-order valence-electron chi connectivity index (χ0n) is 14.5. The number of morpholine rings is 1. The molecule has 0 amide bonds. The number of nitrogens with zero attached hydrogens (tertiary/aromatic N) is 4. The van der Waals surface area contributed by atoms with E-state index < -0.39 is 0 Å². The monoisotopic (exact) mass is 440 g/mol. The van der Waals surface area contributed by atoms with Gasteiger partial charge in [0.1, 0.15) is 5.82 Å². The van der Waals surface area contributed by atoms with E-state index in [9.17, 15) is 4.39 Å².